The van der Waals surface area contributed by atoms with E-state index in [1.165, 1.54) is 16.0 Å². The fourth-order valence-electron chi connectivity index (χ4n) is 3.95. The van der Waals surface area contributed by atoms with E-state index < -0.39 is 0 Å². The van der Waals surface area contributed by atoms with Crippen LogP contribution in [0, 0.1) is 0 Å². The maximum Gasteiger partial charge on any atom is 0.275 e. The van der Waals surface area contributed by atoms with Crippen LogP contribution >= 0.6 is 11.3 Å². The van der Waals surface area contributed by atoms with E-state index in [0.717, 1.165) is 21.7 Å². The number of ether oxygens (including phenoxy) is 1. The summed E-state index contributed by atoms with van der Waals surface area (Å²) in [6.45, 7) is 0.630. The Bertz CT molecular complexity index is 1650. The quantitative estimate of drug-likeness (QED) is 0.224. The van der Waals surface area contributed by atoms with E-state index in [-0.39, 0.29) is 24.3 Å². The van der Waals surface area contributed by atoms with Gasteiger partial charge in [0.15, 0.2) is 0 Å². The zero-order valence-electron chi connectivity index (χ0n) is 21.6. The number of carbonyl (C=O) groups excluding carboxylic acids is 3. The van der Waals surface area contributed by atoms with Gasteiger partial charge in [-0.15, -0.1) is 11.3 Å². The second kappa shape index (κ2) is 12.2. The van der Waals surface area contributed by atoms with Gasteiger partial charge in [-0.3, -0.25) is 19.1 Å². The molecule has 0 aliphatic heterocycles. The number of rotatable bonds is 10. The highest BCUT2D eigenvalue weighted by Crippen LogP contribution is 2.26. The molecule has 0 aliphatic carbocycles. The number of fused-ring (bicyclic) bond motifs is 1. The monoisotopic (exact) mass is 554 g/mol. The molecule has 0 unspecified atom stereocenters. The lowest BCUT2D eigenvalue weighted by molar-refractivity contribution is -0.121. The SMILES string of the molecule is COc1ccc(-c2nc(C(=O)Nc3ccc4nn(CC(=O)NCCNC(=O)c5ccccc5)cc4c3)cs2)cc1. The molecule has 0 fully saturated rings. The number of carbonyl (C=O) groups is 3. The molecule has 5 aromatic rings. The van der Waals surface area contributed by atoms with Crippen LogP contribution in [0.25, 0.3) is 21.5 Å². The molecule has 0 radical (unpaired) electrons. The molecule has 2 heterocycles. The summed E-state index contributed by atoms with van der Waals surface area (Å²) < 4.78 is 6.72. The van der Waals surface area contributed by atoms with E-state index in [4.69, 9.17) is 4.74 Å². The molecule has 0 saturated carbocycles. The van der Waals surface area contributed by atoms with Gasteiger partial charge < -0.3 is 20.7 Å². The van der Waals surface area contributed by atoms with Crippen molar-refractivity contribution in [3.05, 3.63) is 95.6 Å². The van der Waals surface area contributed by atoms with Crippen LogP contribution in [0.2, 0.25) is 0 Å². The summed E-state index contributed by atoms with van der Waals surface area (Å²) in [5.41, 5.74) is 3.08. The number of nitrogens with one attached hydrogen (secondary N) is 3. The lowest BCUT2D eigenvalue weighted by Gasteiger charge is -2.07. The number of thiazole rings is 1. The zero-order valence-corrected chi connectivity index (χ0v) is 22.4. The van der Waals surface area contributed by atoms with Gasteiger partial charge in [0.1, 0.15) is 23.0 Å². The minimum atomic E-state index is -0.318. The molecular formula is C29H26N6O4S. The van der Waals surface area contributed by atoms with E-state index in [0.29, 0.717) is 35.6 Å². The lowest BCUT2D eigenvalue weighted by Crippen LogP contribution is -2.36. The van der Waals surface area contributed by atoms with Crippen molar-refractivity contribution in [3.8, 4) is 16.3 Å². The number of hydrogen-bond acceptors (Lipinski definition) is 7. The third-order valence-electron chi connectivity index (χ3n) is 5.96. The van der Waals surface area contributed by atoms with Crippen molar-refractivity contribution in [1.82, 2.24) is 25.4 Å². The highest BCUT2D eigenvalue weighted by molar-refractivity contribution is 7.13. The summed E-state index contributed by atoms with van der Waals surface area (Å²) in [5, 5.41) is 16.1. The highest BCUT2D eigenvalue weighted by atomic mass is 32.1. The minimum Gasteiger partial charge on any atom is -0.497 e. The smallest absolute Gasteiger partial charge is 0.275 e. The molecule has 3 amide bonds. The summed E-state index contributed by atoms with van der Waals surface area (Å²) in [6, 6.07) is 21.7. The number of aromatic nitrogens is 3. The molecule has 0 spiro atoms. The summed E-state index contributed by atoms with van der Waals surface area (Å²) in [5.74, 6) is 0.0126. The van der Waals surface area contributed by atoms with Crippen LogP contribution in [0.1, 0.15) is 20.8 Å². The molecule has 5 rings (SSSR count). The highest BCUT2D eigenvalue weighted by Gasteiger charge is 2.14. The van der Waals surface area contributed by atoms with Crippen LogP contribution in [-0.2, 0) is 11.3 Å². The standard InChI is InChI=1S/C29H26N6O4S/c1-39-23-10-7-20(8-11-23)29-33-25(18-40-29)28(38)32-22-9-12-24-21(15-22)16-35(34-24)17-26(36)30-13-14-31-27(37)19-5-3-2-4-6-19/h2-12,15-16,18H,13-14,17H2,1H3,(H,30,36)(H,31,37)(H,32,38). The van der Waals surface area contributed by atoms with Crippen LogP contribution in [0.4, 0.5) is 5.69 Å². The van der Waals surface area contributed by atoms with Gasteiger partial charge in [-0.1, -0.05) is 18.2 Å². The second-order valence-electron chi connectivity index (χ2n) is 8.79. The Hall–Kier alpha value is -5.03. The third kappa shape index (κ3) is 6.51. The van der Waals surface area contributed by atoms with Crippen molar-refractivity contribution in [2.45, 2.75) is 6.54 Å². The normalized spacial score (nSPS) is 10.7. The third-order valence-corrected chi connectivity index (χ3v) is 6.85. The van der Waals surface area contributed by atoms with Gasteiger partial charge in [0.2, 0.25) is 5.91 Å². The number of methoxy groups -OCH3 is 1. The predicted octanol–water partition coefficient (Wildman–Crippen LogP) is 3.97. The molecule has 3 N–H and O–H groups in total. The Labute approximate surface area is 234 Å². The Morgan fingerprint density at radius 1 is 0.925 bits per heavy atom. The topological polar surface area (TPSA) is 127 Å². The van der Waals surface area contributed by atoms with Crippen molar-refractivity contribution >= 4 is 45.6 Å². The van der Waals surface area contributed by atoms with Gasteiger partial charge in [0.05, 0.1) is 12.6 Å². The van der Waals surface area contributed by atoms with Crippen LogP contribution in [0.5, 0.6) is 5.75 Å². The molecule has 10 nitrogen and oxygen atoms in total. The first-order valence-corrected chi connectivity index (χ1v) is 13.3. The average Bonchev–Trinajstić information content (AvgIpc) is 3.63. The summed E-state index contributed by atoms with van der Waals surface area (Å²) in [6.07, 6.45) is 1.74. The minimum absolute atomic E-state index is 0.0238. The number of nitrogens with zero attached hydrogens (tertiary/aromatic N) is 3. The lowest BCUT2D eigenvalue weighted by atomic mass is 10.2. The predicted molar refractivity (Wildman–Crippen MR) is 154 cm³/mol. The first-order valence-electron chi connectivity index (χ1n) is 12.5. The molecule has 202 valence electrons. The van der Waals surface area contributed by atoms with Crippen LogP contribution < -0.4 is 20.7 Å². The molecule has 3 aromatic carbocycles. The van der Waals surface area contributed by atoms with Crippen molar-refractivity contribution < 1.29 is 19.1 Å². The van der Waals surface area contributed by atoms with E-state index in [2.05, 4.69) is 26.0 Å². The van der Waals surface area contributed by atoms with Crippen LogP contribution in [0.3, 0.4) is 0 Å². The van der Waals surface area contributed by atoms with Crippen molar-refractivity contribution in [2.24, 2.45) is 0 Å². The molecule has 11 heteroatoms. The summed E-state index contributed by atoms with van der Waals surface area (Å²) in [4.78, 5) is 41.7. The van der Waals surface area contributed by atoms with Gasteiger partial charge in [0, 0.05) is 46.9 Å². The zero-order chi connectivity index (χ0) is 27.9. The van der Waals surface area contributed by atoms with Gasteiger partial charge in [-0.05, 0) is 54.6 Å². The van der Waals surface area contributed by atoms with Crippen molar-refractivity contribution in [3.63, 3.8) is 0 Å². The Morgan fingerprint density at radius 3 is 2.48 bits per heavy atom. The molecule has 0 aliphatic rings. The Kier molecular flexibility index (Phi) is 8.12. The van der Waals surface area contributed by atoms with E-state index in [9.17, 15) is 14.4 Å². The number of anilines is 1. The maximum absolute atomic E-state index is 12.8. The molecule has 40 heavy (non-hydrogen) atoms. The van der Waals surface area contributed by atoms with Crippen molar-refractivity contribution in [2.75, 3.05) is 25.5 Å². The second-order valence-corrected chi connectivity index (χ2v) is 9.65. The first kappa shape index (κ1) is 26.6. The van der Waals surface area contributed by atoms with Crippen LogP contribution in [-0.4, -0.2) is 52.7 Å². The molecule has 0 saturated heterocycles. The van der Waals surface area contributed by atoms with E-state index in [1.807, 2.05) is 30.3 Å². The maximum atomic E-state index is 12.8. The van der Waals surface area contributed by atoms with Gasteiger partial charge >= 0.3 is 0 Å². The summed E-state index contributed by atoms with van der Waals surface area (Å²) >= 11 is 1.39. The molecule has 0 bridgehead atoms. The molecule has 0 atom stereocenters. The number of hydrogen-bond donors (Lipinski definition) is 3. The first-order chi connectivity index (χ1) is 19.5. The molecular weight excluding hydrogens is 528 g/mol. The largest absolute Gasteiger partial charge is 0.497 e. The molecule has 2 aromatic heterocycles. The fourth-order valence-corrected chi connectivity index (χ4v) is 4.75. The van der Waals surface area contributed by atoms with Gasteiger partial charge in [-0.25, -0.2) is 4.98 Å². The number of benzene rings is 3. The average molecular weight is 555 g/mol. The van der Waals surface area contributed by atoms with Crippen LogP contribution in [0.15, 0.2) is 84.4 Å². The Balaban J connectivity index is 1.13. The van der Waals surface area contributed by atoms with E-state index >= 15 is 0 Å². The van der Waals surface area contributed by atoms with Gasteiger partial charge in [-0.2, -0.15) is 5.10 Å². The number of amides is 3. The van der Waals surface area contributed by atoms with Crippen molar-refractivity contribution in [1.29, 1.82) is 0 Å². The Morgan fingerprint density at radius 2 is 1.70 bits per heavy atom. The summed E-state index contributed by atoms with van der Waals surface area (Å²) in [7, 11) is 1.61. The fraction of sp³-hybridized carbons (Fsp3) is 0.138. The van der Waals surface area contributed by atoms with Gasteiger partial charge in [0.25, 0.3) is 11.8 Å². The van der Waals surface area contributed by atoms with E-state index in [1.54, 1.807) is 61.2 Å².